The fourth-order valence-electron chi connectivity index (χ4n) is 4.86. The highest BCUT2D eigenvalue weighted by molar-refractivity contribution is 6.04. The van der Waals surface area contributed by atoms with Gasteiger partial charge < -0.3 is 4.90 Å². The highest BCUT2D eigenvalue weighted by Gasteiger charge is 2.55. The average Bonchev–Trinajstić information content (AvgIpc) is 3.24. The zero-order chi connectivity index (χ0) is 18.5. The Morgan fingerprint density at radius 2 is 1.92 bits per heavy atom. The van der Waals surface area contributed by atoms with Gasteiger partial charge in [0.05, 0.1) is 5.69 Å². The first kappa shape index (κ1) is 17.5. The van der Waals surface area contributed by atoms with Gasteiger partial charge in [-0.25, -0.2) is 4.79 Å². The number of imide groups is 1. The van der Waals surface area contributed by atoms with E-state index in [0.717, 1.165) is 57.7 Å². The molecule has 4 rings (SSSR count). The summed E-state index contributed by atoms with van der Waals surface area (Å²) >= 11 is 0. The first-order valence-electron chi connectivity index (χ1n) is 9.83. The predicted octanol–water partition coefficient (Wildman–Crippen LogP) is 1.85. The van der Waals surface area contributed by atoms with E-state index in [-0.39, 0.29) is 23.4 Å². The van der Waals surface area contributed by atoms with Crippen LogP contribution < -0.4 is 0 Å². The number of fused-ring (bicyclic) bond motifs is 1. The van der Waals surface area contributed by atoms with Crippen molar-refractivity contribution in [2.75, 3.05) is 26.2 Å². The van der Waals surface area contributed by atoms with Gasteiger partial charge in [-0.15, -0.1) is 0 Å². The second-order valence-electron chi connectivity index (χ2n) is 8.08. The van der Waals surface area contributed by atoms with Crippen LogP contribution in [0.3, 0.4) is 0 Å². The maximum absolute atomic E-state index is 12.5. The van der Waals surface area contributed by atoms with Gasteiger partial charge in [-0.05, 0) is 58.5 Å². The van der Waals surface area contributed by atoms with Crippen LogP contribution in [0.2, 0.25) is 0 Å². The van der Waals surface area contributed by atoms with Crippen LogP contribution in [0.5, 0.6) is 0 Å². The van der Waals surface area contributed by atoms with Gasteiger partial charge in [0.1, 0.15) is 6.04 Å². The summed E-state index contributed by atoms with van der Waals surface area (Å²) in [7, 11) is 0. The van der Waals surface area contributed by atoms with Gasteiger partial charge >= 0.3 is 6.03 Å². The number of urea groups is 1. The van der Waals surface area contributed by atoms with E-state index in [4.69, 9.17) is 0 Å². The summed E-state index contributed by atoms with van der Waals surface area (Å²) in [6, 6.07) is -0.288. The summed E-state index contributed by atoms with van der Waals surface area (Å²) in [6.07, 6.45) is 5.12. The number of hydrogen-bond acceptors (Lipinski definition) is 4. The predicted molar refractivity (Wildman–Crippen MR) is 97.5 cm³/mol. The summed E-state index contributed by atoms with van der Waals surface area (Å²) in [5.74, 6) is 0.0133. The number of carbonyl (C=O) groups excluding carboxylic acids is 2. The Labute approximate surface area is 154 Å². The minimum absolute atomic E-state index is 0.0133. The molecule has 0 bridgehead atoms. The molecule has 0 radical (unpaired) electrons. The SMILES string of the molecule is CCN1C(=O)C2CC3(CCN(Cc4cn(CC)nc4C)CC3)CN2C1=O. The molecule has 3 aliphatic heterocycles. The third-order valence-electron chi connectivity index (χ3n) is 6.53. The first-order chi connectivity index (χ1) is 12.5. The third kappa shape index (κ3) is 2.73. The highest BCUT2D eigenvalue weighted by atomic mass is 16.2. The van der Waals surface area contributed by atoms with Crippen molar-refractivity contribution >= 4 is 11.9 Å². The number of carbonyl (C=O) groups is 2. The van der Waals surface area contributed by atoms with E-state index in [1.165, 1.54) is 10.5 Å². The van der Waals surface area contributed by atoms with Gasteiger partial charge in [0, 0.05) is 37.9 Å². The number of likely N-dealkylation sites (tertiary alicyclic amines) is 1. The van der Waals surface area contributed by atoms with Gasteiger partial charge in [0.15, 0.2) is 0 Å². The van der Waals surface area contributed by atoms with E-state index >= 15 is 0 Å². The molecule has 1 aromatic heterocycles. The van der Waals surface area contributed by atoms with Crippen LogP contribution in [-0.4, -0.2) is 68.6 Å². The van der Waals surface area contributed by atoms with Crippen molar-refractivity contribution in [2.24, 2.45) is 5.41 Å². The lowest BCUT2D eigenvalue weighted by Crippen LogP contribution is -2.43. The van der Waals surface area contributed by atoms with Crippen molar-refractivity contribution in [1.29, 1.82) is 0 Å². The minimum Gasteiger partial charge on any atom is -0.312 e. The smallest absolute Gasteiger partial charge is 0.312 e. The third-order valence-corrected chi connectivity index (χ3v) is 6.53. The molecule has 3 amide bonds. The highest BCUT2D eigenvalue weighted by Crippen LogP contribution is 2.46. The number of nitrogens with zero attached hydrogens (tertiary/aromatic N) is 5. The summed E-state index contributed by atoms with van der Waals surface area (Å²) in [5.41, 5.74) is 2.55. The van der Waals surface area contributed by atoms with E-state index in [0.29, 0.717) is 6.54 Å². The van der Waals surface area contributed by atoms with Gasteiger partial charge in [0.2, 0.25) is 0 Å². The van der Waals surface area contributed by atoms with Crippen LogP contribution in [-0.2, 0) is 17.9 Å². The van der Waals surface area contributed by atoms with Crippen LogP contribution in [0.15, 0.2) is 6.20 Å². The maximum Gasteiger partial charge on any atom is 0.327 e. The zero-order valence-corrected chi connectivity index (χ0v) is 16.1. The number of likely N-dealkylation sites (N-methyl/N-ethyl adjacent to an activating group) is 1. The molecule has 0 aliphatic carbocycles. The van der Waals surface area contributed by atoms with Crippen molar-refractivity contribution < 1.29 is 9.59 Å². The Morgan fingerprint density at radius 3 is 2.50 bits per heavy atom. The number of amides is 3. The number of aryl methyl sites for hydroxylation is 2. The summed E-state index contributed by atoms with van der Waals surface area (Å²) in [4.78, 5) is 30.6. The molecule has 3 saturated heterocycles. The lowest BCUT2D eigenvalue weighted by molar-refractivity contribution is -0.128. The fraction of sp³-hybridized carbons (Fsp3) is 0.737. The maximum atomic E-state index is 12.5. The molecule has 3 fully saturated rings. The van der Waals surface area contributed by atoms with E-state index < -0.39 is 0 Å². The second-order valence-corrected chi connectivity index (χ2v) is 8.08. The Bertz CT molecular complexity index is 694. The first-order valence-corrected chi connectivity index (χ1v) is 9.83. The average molecular weight is 359 g/mol. The molecule has 1 aromatic rings. The molecule has 26 heavy (non-hydrogen) atoms. The molecule has 1 atom stereocenters. The molecule has 142 valence electrons. The molecule has 0 aromatic carbocycles. The van der Waals surface area contributed by atoms with Crippen LogP contribution in [0, 0.1) is 12.3 Å². The summed E-state index contributed by atoms with van der Waals surface area (Å²) in [6.45, 7) is 11.2. The topological polar surface area (TPSA) is 61.7 Å². The number of aromatic nitrogens is 2. The van der Waals surface area contributed by atoms with Crippen LogP contribution in [0.4, 0.5) is 4.79 Å². The van der Waals surface area contributed by atoms with Crippen molar-refractivity contribution in [1.82, 2.24) is 24.5 Å². The molecule has 0 saturated carbocycles. The number of hydrogen-bond donors (Lipinski definition) is 0. The fourth-order valence-corrected chi connectivity index (χ4v) is 4.86. The largest absolute Gasteiger partial charge is 0.327 e. The second kappa shape index (κ2) is 6.37. The molecule has 0 N–H and O–H groups in total. The van der Waals surface area contributed by atoms with Gasteiger partial charge in [-0.3, -0.25) is 19.3 Å². The van der Waals surface area contributed by atoms with Crippen molar-refractivity contribution in [3.05, 3.63) is 17.5 Å². The Hall–Kier alpha value is -1.89. The van der Waals surface area contributed by atoms with E-state index in [1.807, 2.05) is 16.5 Å². The summed E-state index contributed by atoms with van der Waals surface area (Å²) < 4.78 is 2.00. The van der Waals surface area contributed by atoms with Crippen molar-refractivity contribution in [3.8, 4) is 0 Å². The molecule has 3 aliphatic rings. The monoisotopic (exact) mass is 359 g/mol. The Morgan fingerprint density at radius 1 is 1.19 bits per heavy atom. The van der Waals surface area contributed by atoms with Gasteiger partial charge in [-0.1, -0.05) is 0 Å². The lowest BCUT2D eigenvalue weighted by Gasteiger charge is -2.39. The standard InChI is InChI=1S/C19H29N5O2/c1-4-22-12-15(14(3)20-22)11-21-8-6-19(7-9-21)10-16-17(25)23(5-2)18(26)24(16)13-19/h12,16H,4-11,13H2,1-3H3. The number of rotatable bonds is 4. The Balaban J connectivity index is 1.38. The normalized spacial score (nSPS) is 25.6. The Kier molecular flexibility index (Phi) is 4.29. The quantitative estimate of drug-likeness (QED) is 0.770. The van der Waals surface area contributed by atoms with Gasteiger partial charge in [0.25, 0.3) is 5.91 Å². The lowest BCUT2D eigenvalue weighted by atomic mass is 9.76. The number of piperidine rings is 1. The minimum atomic E-state index is -0.209. The summed E-state index contributed by atoms with van der Waals surface area (Å²) in [5, 5.41) is 4.54. The van der Waals surface area contributed by atoms with Crippen molar-refractivity contribution in [2.45, 2.75) is 59.2 Å². The molecule has 1 spiro atoms. The van der Waals surface area contributed by atoms with Crippen LogP contribution >= 0.6 is 0 Å². The molecular formula is C19H29N5O2. The van der Waals surface area contributed by atoms with E-state index in [9.17, 15) is 9.59 Å². The zero-order valence-electron chi connectivity index (χ0n) is 16.1. The molecule has 4 heterocycles. The van der Waals surface area contributed by atoms with Gasteiger partial charge in [-0.2, -0.15) is 5.10 Å². The van der Waals surface area contributed by atoms with E-state index in [2.05, 4.69) is 30.0 Å². The van der Waals surface area contributed by atoms with Crippen LogP contribution in [0.25, 0.3) is 0 Å². The van der Waals surface area contributed by atoms with Crippen molar-refractivity contribution in [3.63, 3.8) is 0 Å². The van der Waals surface area contributed by atoms with Crippen LogP contribution in [0.1, 0.15) is 44.4 Å². The molecular weight excluding hydrogens is 330 g/mol. The molecule has 1 unspecified atom stereocenters. The molecule has 7 heteroatoms. The molecule has 7 nitrogen and oxygen atoms in total. The van der Waals surface area contributed by atoms with E-state index in [1.54, 1.807) is 0 Å².